The molecule has 0 aliphatic heterocycles. The zero-order chi connectivity index (χ0) is 14.3. The Balaban J connectivity index is 2.51. The first-order chi connectivity index (χ1) is 8.94. The van der Waals surface area contributed by atoms with Gasteiger partial charge in [0.2, 0.25) is 0 Å². The third kappa shape index (κ3) is 6.74. The van der Waals surface area contributed by atoms with Crippen molar-refractivity contribution in [3.05, 3.63) is 35.4 Å². The van der Waals surface area contributed by atoms with Gasteiger partial charge in [-0.2, -0.15) is 0 Å². The highest BCUT2D eigenvalue weighted by Crippen LogP contribution is 2.09. The van der Waals surface area contributed by atoms with Gasteiger partial charge >= 0.3 is 0 Å². The first kappa shape index (κ1) is 16.2. The van der Waals surface area contributed by atoms with Gasteiger partial charge in [0.05, 0.1) is 0 Å². The van der Waals surface area contributed by atoms with Gasteiger partial charge in [0.15, 0.2) is 0 Å². The molecule has 0 amide bonds. The van der Waals surface area contributed by atoms with E-state index < -0.39 is 0 Å². The van der Waals surface area contributed by atoms with Crippen molar-refractivity contribution in [1.82, 2.24) is 10.2 Å². The number of nitrogens with zero attached hydrogens (tertiary/aromatic N) is 1. The highest BCUT2D eigenvalue weighted by Gasteiger charge is 2.08. The molecule has 0 radical (unpaired) electrons. The summed E-state index contributed by atoms with van der Waals surface area (Å²) in [7, 11) is 0. The molecule has 0 heterocycles. The van der Waals surface area contributed by atoms with Crippen molar-refractivity contribution in [2.75, 3.05) is 13.1 Å². The molecular weight excluding hydrogens is 232 g/mol. The van der Waals surface area contributed by atoms with Crippen LogP contribution in [0.5, 0.6) is 0 Å². The van der Waals surface area contributed by atoms with Crippen LogP contribution in [0.4, 0.5) is 0 Å². The van der Waals surface area contributed by atoms with Gasteiger partial charge in [0.25, 0.3) is 0 Å². The lowest BCUT2D eigenvalue weighted by atomic mass is 10.1. The predicted octanol–water partition coefficient (Wildman–Crippen LogP) is 3.81. The van der Waals surface area contributed by atoms with Gasteiger partial charge in [-0.1, -0.05) is 38.1 Å². The summed E-state index contributed by atoms with van der Waals surface area (Å²) < 4.78 is 0. The van der Waals surface area contributed by atoms with E-state index in [0.717, 1.165) is 19.6 Å². The van der Waals surface area contributed by atoms with Crippen molar-refractivity contribution in [3.8, 4) is 0 Å². The van der Waals surface area contributed by atoms with Crippen molar-refractivity contribution < 1.29 is 0 Å². The average molecular weight is 262 g/mol. The molecule has 1 rings (SSSR count). The van der Waals surface area contributed by atoms with Crippen LogP contribution in [0.1, 0.15) is 52.2 Å². The fourth-order valence-electron chi connectivity index (χ4n) is 2.05. The lowest BCUT2D eigenvalue weighted by Gasteiger charge is -2.21. The van der Waals surface area contributed by atoms with Gasteiger partial charge in [-0.15, -0.1) is 0 Å². The minimum absolute atomic E-state index is 0.179. The van der Waals surface area contributed by atoms with E-state index in [1.54, 1.807) is 0 Å². The van der Waals surface area contributed by atoms with Crippen LogP contribution in [0.25, 0.3) is 0 Å². The molecule has 2 nitrogen and oxygen atoms in total. The highest BCUT2D eigenvalue weighted by atomic mass is 15.1. The van der Waals surface area contributed by atoms with Gasteiger partial charge in [0.1, 0.15) is 0 Å². The van der Waals surface area contributed by atoms with Crippen LogP contribution in [0.3, 0.4) is 0 Å². The summed E-state index contributed by atoms with van der Waals surface area (Å²) in [6.07, 6.45) is 1.22. The fourth-order valence-corrected chi connectivity index (χ4v) is 2.05. The van der Waals surface area contributed by atoms with E-state index in [1.807, 2.05) is 0 Å². The van der Waals surface area contributed by atoms with Crippen LogP contribution in [0.2, 0.25) is 0 Å². The molecule has 0 saturated heterocycles. The first-order valence-electron chi connectivity index (χ1n) is 7.49. The molecule has 1 aromatic rings. The molecular formula is C17H30N2. The van der Waals surface area contributed by atoms with Crippen molar-refractivity contribution in [2.24, 2.45) is 0 Å². The van der Waals surface area contributed by atoms with Gasteiger partial charge in [0, 0.05) is 18.6 Å². The maximum absolute atomic E-state index is 3.52. The third-order valence-corrected chi connectivity index (χ3v) is 3.24. The second-order valence-corrected chi connectivity index (χ2v) is 6.29. The summed E-state index contributed by atoms with van der Waals surface area (Å²) in [6.45, 7) is 15.4. The largest absolute Gasteiger partial charge is 0.308 e. The molecule has 1 N–H and O–H groups in total. The summed E-state index contributed by atoms with van der Waals surface area (Å²) in [4.78, 5) is 2.49. The van der Waals surface area contributed by atoms with Gasteiger partial charge < -0.3 is 5.32 Å². The molecule has 0 atom stereocenters. The minimum Gasteiger partial charge on any atom is -0.308 e. The monoisotopic (exact) mass is 262 g/mol. The molecule has 0 unspecified atom stereocenters. The standard InChI is InChI=1S/C17H30N2/c1-6-12-19(7-2)14-16-10-8-15(9-11-16)13-18-17(3,4)5/h8-11,18H,6-7,12-14H2,1-5H3. The van der Waals surface area contributed by atoms with Crippen LogP contribution in [0, 0.1) is 0 Å². The molecule has 108 valence electrons. The van der Waals surface area contributed by atoms with Gasteiger partial charge in [-0.3, -0.25) is 4.90 Å². The average Bonchev–Trinajstić information content (AvgIpc) is 2.36. The van der Waals surface area contributed by atoms with Crippen molar-refractivity contribution in [1.29, 1.82) is 0 Å². The van der Waals surface area contributed by atoms with E-state index in [0.29, 0.717) is 0 Å². The quantitative estimate of drug-likeness (QED) is 0.804. The molecule has 0 fully saturated rings. The number of nitrogens with one attached hydrogen (secondary N) is 1. The smallest absolute Gasteiger partial charge is 0.0233 e. The Hall–Kier alpha value is -0.860. The van der Waals surface area contributed by atoms with E-state index in [4.69, 9.17) is 0 Å². The Kier molecular flexibility index (Phi) is 6.53. The molecule has 0 spiro atoms. The molecule has 0 saturated carbocycles. The van der Waals surface area contributed by atoms with Crippen molar-refractivity contribution in [3.63, 3.8) is 0 Å². The van der Waals surface area contributed by atoms with Crippen molar-refractivity contribution in [2.45, 2.75) is 59.7 Å². The number of benzene rings is 1. The molecule has 1 aromatic carbocycles. The van der Waals surface area contributed by atoms with Crippen LogP contribution < -0.4 is 5.32 Å². The predicted molar refractivity (Wildman–Crippen MR) is 84.3 cm³/mol. The molecule has 0 aliphatic carbocycles. The molecule has 19 heavy (non-hydrogen) atoms. The Morgan fingerprint density at radius 3 is 2.05 bits per heavy atom. The Morgan fingerprint density at radius 2 is 1.58 bits per heavy atom. The minimum atomic E-state index is 0.179. The third-order valence-electron chi connectivity index (χ3n) is 3.24. The lowest BCUT2D eigenvalue weighted by molar-refractivity contribution is 0.280. The number of hydrogen-bond acceptors (Lipinski definition) is 2. The van der Waals surface area contributed by atoms with Crippen LogP contribution >= 0.6 is 0 Å². The van der Waals surface area contributed by atoms with Gasteiger partial charge in [-0.05, 0) is 51.4 Å². The van der Waals surface area contributed by atoms with E-state index in [-0.39, 0.29) is 5.54 Å². The summed E-state index contributed by atoms with van der Waals surface area (Å²) in [5.74, 6) is 0. The molecule has 0 aliphatic rings. The van der Waals surface area contributed by atoms with E-state index in [1.165, 1.54) is 24.1 Å². The highest BCUT2D eigenvalue weighted by molar-refractivity contribution is 5.22. The molecule has 0 bridgehead atoms. The second kappa shape index (κ2) is 7.66. The van der Waals surface area contributed by atoms with Crippen molar-refractivity contribution >= 4 is 0 Å². The molecule has 2 heteroatoms. The second-order valence-electron chi connectivity index (χ2n) is 6.29. The molecule has 0 aromatic heterocycles. The van der Waals surface area contributed by atoms with Crippen LogP contribution in [-0.2, 0) is 13.1 Å². The summed E-state index contributed by atoms with van der Waals surface area (Å²) in [6, 6.07) is 9.01. The number of rotatable bonds is 7. The van der Waals surface area contributed by atoms with Crippen LogP contribution in [-0.4, -0.2) is 23.5 Å². The van der Waals surface area contributed by atoms with E-state index >= 15 is 0 Å². The van der Waals surface area contributed by atoms with E-state index in [9.17, 15) is 0 Å². The zero-order valence-corrected chi connectivity index (χ0v) is 13.3. The maximum atomic E-state index is 3.52. The maximum Gasteiger partial charge on any atom is 0.0233 e. The van der Waals surface area contributed by atoms with Gasteiger partial charge in [-0.25, -0.2) is 0 Å². The Labute approximate surface area is 119 Å². The lowest BCUT2D eigenvalue weighted by Crippen LogP contribution is -2.35. The first-order valence-corrected chi connectivity index (χ1v) is 7.49. The normalized spacial score (nSPS) is 12.1. The zero-order valence-electron chi connectivity index (χ0n) is 13.3. The summed E-state index contributed by atoms with van der Waals surface area (Å²) in [5.41, 5.74) is 2.95. The SMILES string of the molecule is CCCN(CC)Cc1ccc(CNC(C)(C)C)cc1. The fraction of sp³-hybridized carbons (Fsp3) is 0.647. The Bertz CT molecular complexity index is 349. The summed E-state index contributed by atoms with van der Waals surface area (Å²) >= 11 is 0. The number of hydrogen-bond donors (Lipinski definition) is 1. The topological polar surface area (TPSA) is 15.3 Å². The van der Waals surface area contributed by atoms with Crippen LogP contribution in [0.15, 0.2) is 24.3 Å². The summed E-state index contributed by atoms with van der Waals surface area (Å²) in [5, 5.41) is 3.52. The van der Waals surface area contributed by atoms with E-state index in [2.05, 4.69) is 69.1 Å². The Morgan fingerprint density at radius 1 is 1.00 bits per heavy atom.